The summed E-state index contributed by atoms with van der Waals surface area (Å²) < 4.78 is 16.9. The molecule has 2 rings (SSSR count). The van der Waals surface area contributed by atoms with E-state index in [1.807, 2.05) is 52.8 Å². The molecule has 0 spiro atoms. The molecule has 234 valence electrons. The van der Waals surface area contributed by atoms with Crippen LogP contribution in [0.1, 0.15) is 64.7 Å². The molecule has 0 heterocycles. The van der Waals surface area contributed by atoms with Crippen molar-refractivity contribution in [1.82, 2.24) is 5.09 Å². The number of rotatable bonds is 16. The number of nitrogens with zero attached hydrogens (tertiary/aromatic N) is 2. The number of benzene rings is 2. The summed E-state index contributed by atoms with van der Waals surface area (Å²) in [5.74, 6) is -0.0332. The van der Waals surface area contributed by atoms with Gasteiger partial charge in [-0.1, -0.05) is 57.2 Å². The Labute approximate surface area is 260 Å². The number of halogens is 1. The van der Waals surface area contributed by atoms with E-state index >= 15 is 0 Å². The number of ether oxygens (including phenoxy) is 1. The van der Waals surface area contributed by atoms with Crippen LogP contribution < -0.4 is 14.5 Å². The first-order valence-corrected chi connectivity index (χ1v) is 17.3. The third-order valence-corrected chi connectivity index (χ3v) is 9.02. The maximum atomic E-state index is 12.2. The van der Waals surface area contributed by atoms with Crippen molar-refractivity contribution in [3.63, 3.8) is 0 Å². The van der Waals surface area contributed by atoms with E-state index in [-0.39, 0.29) is 36.0 Å². The molecule has 1 amide bonds. The quantitative estimate of drug-likeness (QED) is 0.0376. The molecule has 2 unspecified atom stereocenters. The largest absolute Gasteiger partial charge is 0.425 e. The lowest BCUT2D eigenvalue weighted by atomic mass is 10.0. The lowest BCUT2D eigenvalue weighted by Gasteiger charge is -2.26. The summed E-state index contributed by atoms with van der Waals surface area (Å²) in [7, 11) is 0. The maximum absolute atomic E-state index is 12.2. The summed E-state index contributed by atoms with van der Waals surface area (Å²) in [6.07, 6.45) is 6.42. The number of nitro groups is 1. The first-order chi connectivity index (χ1) is 20.0. The zero-order valence-corrected chi connectivity index (χ0v) is 28.2. The summed E-state index contributed by atoms with van der Waals surface area (Å²) in [5, 5.41) is 14.2. The van der Waals surface area contributed by atoms with Gasteiger partial charge in [-0.05, 0) is 81.5 Å². The minimum atomic E-state index is -2.82. The summed E-state index contributed by atoms with van der Waals surface area (Å²) in [5.41, 5.74) is 3.98. The highest BCUT2D eigenvalue weighted by Gasteiger charge is 2.27. The number of nitro benzene ring substituents is 1. The van der Waals surface area contributed by atoms with Crippen molar-refractivity contribution in [1.29, 1.82) is 0 Å². The molecule has 12 heteroatoms. The predicted molar refractivity (Wildman–Crippen MR) is 176 cm³/mol. The van der Waals surface area contributed by atoms with Gasteiger partial charge in [0.1, 0.15) is 12.6 Å². The number of para-hydroxylation sites is 1. The Balaban J connectivity index is 0.000000420. The summed E-state index contributed by atoms with van der Waals surface area (Å²) in [6, 6.07) is 10.9. The van der Waals surface area contributed by atoms with E-state index in [0.29, 0.717) is 13.2 Å². The number of amides is 1. The van der Waals surface area contributed by atoms with Crippen molar-refractivity contribution >= 4 is 47.3 Å². The third-order valence-electron chi connectivity index (χ3n) is 6.14. The molecule has 0 radical (unpaired) electrons. The normalized spacial score (nSPS) is 13.1. The van der Waals surface area contributed by atoms with Crippen molar-refractivity contribution in [3.8, 4) is 5.75 Å². The van der Waals surface area contributed by atoms with E-state index in [1.54, 1.807) is 17.0 Å². The number of alkyl halides is 1. The fourth-order valence-corrected chi connectivity index (χ4v) is 6.69. The topological polar surface area (TPSA) is 103 Å². The van der Waals surface area contributed by atoms with Crippen LogP contribution >= 0.6 is 18.2 Å². The summed E-state index contributed by atoms with van der Waals surface area (Å²) >= 11 is 11.2. The predicted octanol–water partition coefficient (Wildman–Crippen LogP) is 7.86. The minimum absolute atomic E-state index is 0.0474. The van der Waals surface area contributed by atoms with E-state index in [4.69, 9.17) is 37.2 Å². The van der Waals surface area contributed by atoms with Gasteiger partial charge in [-0.15, -0.1) is 11.6 Å². The van der Waals surface area contributed by atoms with Gasteiger partial charge < -0.3 is 13.8 Å². The molecular formula is C30H45ClN3O6PS. The van der Waals surface area contributed by atoms with Gasteiger partial charge in [0.2, 0.25) is 11.7 Å². The van der Waals surface area contributed by atoms with Gasteiger partial charge in [-0.2, -0.15) is 0 Å². The van der Waals surface area contributed by atoms with E-state index in [9.17, 15) is 14.9 Å². The molecule has 0 aromatic heterocycles. The molecule has 42 heavy (non-hydrogen) atoms. The van der Waals surface area contributed by atoms with Crippen LogP contribution in [0.3, 0.4) is 0 Å². The highest BCUT2D eigenvalue weighted by molar-refractivity contribution is 8.09. The molecule has 0 fully saturated rings. The van der Waals surface area contributed by atoms with Gasteiger partial charge >= 0.3 is 12.3 Å². The van der Waals surface area contributed by atoms with Gasteiger partial charge in [0.05, 0.1) is 23.8 Å². The monoisotopic (exact) mass is 641 g/mol. The second-order valence-electron chi connectivity index (χ2n) is 9.33. The highest BCUT2D eigenvalue weighted by atomic mass is 35.5. The Morgan fingerprint density at radius 1 is 1.19 bits per heavy atom. The number of allylic oxidation sites excluding steroid dienone is 1. The number of carbonyl (C=O) groups is 1. The van der Waals surface area contributed by atoms with Crippen molar-refractivity contribution < 1.29 is 23.5 Å². The standard InChI is InChI=1S/C17H24ClNO2.C13H21N2O4PS/c1-4-7-11-21-13-19(16(20)12-18)17-14(5-2)9-8-10-15(17)6-3;1-5-11(4)14-20(21,18-6-2)19-13-9-10(3)7-8-12(13)15(16)17/h4,7-10H,5-6,11-13H2,1-3H3;7-9,11H,5-6H2,1-4H3,(H,14,21)/b7-4+;. The number of hydrogen-bond donors (Lipinski definition) is 1. The third kappa shape index (κ3) is 12.1. The lowest BCUT2D eigenvalue weighted by Crippen LogP contribution is -2.35. The molecule has 9 nitrogen and oxygen atoms in total. The average Bonchev–Trinajstić information content (AvgIpc) is 2.96. The molecule has 2 aromatic carbocycles. The maximum Gasteiger partial charge on any atom is 0.313 e. The fraction of sp³-hybridized carbons (Fsp3) is 0.500. The Bertz CT molecular complexity index is 1210. The van der Waals surface area contributed by atoms with Crippen LogP contribution in [0.4, 0.5) is 11.4 Å². The first-order valence-electron chi connectivity index (χ1n) is 14.1. The molecule has 0 saturated carbocycles. The number of carbonyl (C=O) groups excluding carboxylic acids is 1. The molecule has 0 bridgehead atoms. The molecule has 0 aliphatic carbocycles. The molecule has 0 aliphatic rings. The van der Waals surface area contributed by atoms with E-state index in [0.717, 1.165) is 41.6 Å². The van der Waals surface area contributed by atoms with Crippen LogP contribution in [-0.2, 0) is 38.7 Å². The Hall–Kier alpha value is -2.33. The SMILES string of the molecule is C/C=C/COCN(C(=O)CCl)c1c(CC)cccc1CC.CCOP(=S)(NC(C)CC)Oc1cc(C)ccc1[N+](=O)[O-]. The van der Waals surface area contributed by atoms with E-state index in [1.165, 1.54) is 6.07 Å². The van der Waals surface area contributed by atoms with Gasteiger partial charge in [0, 0.05) is 12.1 Å². The van der Waals surface area contributed by atoms with Crippen molar-refractivity contribution in [2.75, 3.05) is 30.7 Å². The van der Waals surface area contributed by atoms with Crippen LogP contribution in [0.2, 0.25) is 0 Å². The second-order valence-corrected chi connectivity index (χ2v) is 12.7. The molecular weight excluding hydrogens is 597 g/mol. The zero-order chi connectivity index (χ0) is 31.7. The second kappa shape index (κ2) is 19.8. The minimum Gasteiger partial charge on any atom is -0.425 e. The number of hydrogen-bond acceptors (Lipinski definition) is 7. The molecule has 2 aromatic rings. The lowest BCUT2D eigenvalue weighted by molar-refractivity contribution is -0.385. The number of nitrogens with one attached hydrogen (secondary N) is 1. The average molecular weight is 642 g/mol. The Kier molecular flexibility index (Phi) is 17.8. The van der Waals surface area contributed by atoms with Crippen LogP contribution in [0.5, 0.6) is 5.75 Å². The fourth-order valence-electron chi connectivity index (χ4n) is 3.80. The molecule has 0 aliphatic heterocycles. The van der Waals surface area contributed by atoms with Gasteiger partial charge in [0.15, 0.2) is 0 Å². The number of anilines is 1. The molecule has 2 atom stereocenters. The highest BCUT2D eigenvalue weighted by Crippen LogP contribution is 2.48. The van der Waals surface area contributed by atoms with Crippen LogP contribution in [0.15, 0.2) is 48.6 Å². The smallest absolute Gasteiger partial charge is 0.313 e. The van der Waals surface area contributed by atoms with Crippen molar-refractivity contribution in [2.45, 2.75) is 73.8 Å². The van der Waals surface area contributed by atoms with Crippen LogP contribution in [-0.4, -0.2) is 42.7 Å². The van der Waals surface area contributed by atoms with Gasteiger partial charge in [-0.25, -0.2) is 5.09 Å². The zero-order valence-electron chi connectivity index (χ0n) is 25.7. The first kappa shape index (κ1) is 37.7. The van der Waals surface area contributed by atoms with Crippen LogP contribution in [0, 0.1) is 17.0 Å². The Morgan fingerprint density at radius 3 is 2.33 bits per heavy atom. The van der Waals surface area contributed by atoms with Crippen molar-refractivity contribution in [3.05, 3.63) is 75.4 Å². The Morgan fingerprint density at radius 2 is 1.83 bits per heavy atom. The van der Waals surface area contributed by atoms with Gasteiger partial charge in [0.25, 0.3) is 0 Å². The van der Waals surface area contributed by atoms with Gasteiger partial charge in [-0.3, -0.25) is 19.8 Å². The number of aryl methyl sites for hydroxylation is 3. The summed E-state index contributed by atoms with van der Waals surface area (Å²) in [6.45, 7) is 12.0. The van der Waals surface area contributed by atoms with Crippen LogP contribution in [0.25, 0.3) is 0 Å². The van der Waals surface area contributed by atoms with Crippen molar-refractivity contribution in [2.24, 2.45) is 0 Å². The molecule has 0 saturated heterocycles. The summed E-state index contributed by atoms with van der Waals surface area (Å²) in [4.78, 5) is 24.5. The van der Waals surface area contributed by atoms with E-state index < -0.39 is 11.6 Å². The molecule has 1 N–H and O–H groups in total. The van der Waals surface area contributed by atoms with E-state index in [2.05, 4.69) is 31.1 Å².